The van der Waals surface area contributed by atoms with E-state index < -0.39 is 0 Å². The lowest BCUT2D eigenvalue weighted by atomic mass is 10.1. The second-order valence-corrected chi connectivity index (χ2v) is 3.92. The molecule has 4 heteroatoms. The van der Waals surface area contributed by atoms with E-state index in [2.05, 4.69) is 13.8 Å². The maximum Gasteiger partial charge on any atom is 0.253 e. The Morgan fingerprint density at radius 3 is 2.29 bits per heavy atom. The summed E-state index contributed by atoms with van der Waals surface area (Å²) in [6.07, 6.45) is 1.96. The number of hydrogen-bond donors (Lipinski definition) is 1. The molecule has 0 aromatic heterocycles. The Bertz CT molecular complexity index is 349. The number of nitrogens with zero attached hydrogens (tertiary/aromatic N) is 1. The molecule has 3 nitrogen and oxygen atoms in total. The van der Waals surface area contributed by atoms with Gasteiger partial charge in [0.05, 0.1) is 0 Å². The van der Waals surface area contributed by atoms with Crippen molar-refractivity contribution in [2.24, 2.45) is 0 Å². The summed E-state index contributed by atoms with van der Waals surface area (Å²) in [5.41, 5.74) is 6.99. The van der Waals surface area contributed by atoms with Crippen LogP contribution in [-0.2, 0) is 0 Å². The summed E-state index contributed by atoms with van der Waals surface area (Å²) in [4.78, 5) is 14.0. The third-order valence-corrected chi connectivity index (χ3v) is 2.41. The first-order chi connectivity index (χ1) is 7.69. The number of anilines is 1. The van der Waals surface area contributed by atoms with E-state index in [4.69, 9.17) is 5.73 Å². The van der Waals surface area contributed by atoms with Gasteiger partial charge in [-0.25, -0.2) is 0 Å². The largest absolute Gasteiger partial charge is 0.399 e. The van der Waals surface area contributed by atoms with E-state index in [0.29, 0.717) is 11.3 Å². The van der Waals surface area contributed by atoms with Crippen LogP contribution in [0.25, 0.3) is 0 Å². The number of nitrogens with two attached hydrogens (primary N) is 1. The number of amides is 1. The van der Waals surface area contributed by atoms with Gasteiger partial charge in [0.2, 0.25) is 0 Å². The fraction of sp³-hybridized carbons (Fsp3) is 0.462. The molecular weight excluding hydrogens is 236 g/mol. The Hall–Kier alpha value is -1.22. The van der Waals surface area contributed by atoms with E-state index in [-0.39, 0.29) is 18.3 Å². The Kier molecular flexibility index (Phi) is 7.39. The topological polar surface area (TPSA) is 46.3 Å². The normalized spacial score (nSPS) is 9.53. The fourth-order valence-electron chi connectivity index (χ4n) is 1.71. The molecule has 0 aliphatic rings. The SMILES string of the molecule is CCCN(CCC)C(=O)c1cccc(N)c1.Cl. The van der Waals surface area contributed by atoms with Gasteiger partial charge >= 0.3 is 0 Å². The molecule has 0 aliphatic carbocycles. The highest BCUT2D eigenvalue weighted by atomic mass is 35.5. The summed E-state index contributed by atoms with van der Waals surface area (Å²) >= 11 is 0. The van der Waals surface area contributed by atoms with E-state index in [1.807, 2.05) is 17.0 Å². The van der Waals surface area contributed by atoms with Crippen molar-refractivity contribution in [3.8, 4) is 0 Å². The van der Waals surface area contributed by atoms with Gasteiger partial charge in [-0.05, 0) is 31.0 Å². The Morgan fingerprint density at radius 1 is 1.24 bits per heavy atom. The molecule has 2 N–H and O–H groups in total. The number of carbonyl (C=O) groups excluding carboxylic acids is 1. The van der Waals surface area contributed by atoms with Crippen LogP contribution in [0, 0.1) is 0 Å². The number of benzene rings is 1. The first-order valence-corrected chi connectivity index (χ1v) is 5.83. The van der Waals surface area contributed by atoms with E-state index in [1.54, 1.807) is 12.1 Å². The monoisotopic (exact) mass is 256 g/mol. The predicted octanol–water partition coefficient (Wildman–Crippen LogP) is 2.95. The van der Waals surface area contributed by atoms with Crippen molar-refractivity contribution in [2.75, 3.05) is 18.8 Å². The second kappa shape index (κ2) is 7.96. The van der Waals surface area contributed by atoms with Crippen molar-refractivity contribution in [1.82, 2.24) is 4.90 Å². The van der Waals surface area contributed by atoms with Crippen LogP contribution < -0.4 is 5.73 Å². The molecule has 96 valence electrons. The number of rotatable bonds is 5. The van der Waals surface area contributed by atoms with E-state index in [0.717, 1.165) is 25.9 Å². The minimum atomic E-state index is 0. The second-order valence-electron chi connectivity index (χ2n) is 3.92. The maximum atomic E-state index is 12.1. The average Bonchev–Trinajstić information content (AvgIpc) is 2.28. The maximum absolute atomic E-state index is 12.1. The molecule has 17 heavy (non-hydrogen) atoms. The molecule has 0 aliphatic heterocycles. The van der Waals surface area contributed by atoms with Crippen LogP contribution in [0.3, 0.4) is 0 Å². The van der Waals surface area contributed by atoms with Crippen molar-refractivity contribution < 1.29 is 4.79 Å². The summed E-state index contributed by atoms with van der Waals surface area (Å²) in [6, 6.07) is 7.16. The van der Waals surface area contributed by atoms with Crippen molar-refractivity contribution in [1.29, 1.82) is 0 Å². The first-order valence-electron chi connectivity index (χ1n) is 5.83. The summed E-state index contributed by atoms with van der Waals surface area (Å²) in [5, 5.41) is 0. The van der Waals surface area contributed by atoms with Gasteiger partial charge in [-0.1, -0.05) is 19.9 Å². The zero-order valence-corrected chi connectivity index (χ0v) is 11.3. The summed E-state index contributed by atoms with van der Waals surface area (Å²) < 4.78 is 0. The molecular formula is C13H21ClN2O. The van der Waals surface area contributed by atoms with Gasteiger partial charge in [-0.2, -0.15) is 0 Å². The lowest BCUT2D eigenvalue weighted by Crippen LogP contribution is -2.32. The van der Waals surface area contributed by atoms with Gasteiger partial charge < -0.3 is 10.6 Å². The molecule has 1 aromatic carbocycles. The van der Waals surface area contributed by atoms with Crippen LogP contribution in [-0.4, -0.2) is 23.9 Å². The van der Waals surface area contributed by atoms with Gasteiger partial charge in [-0.15, -0.1) is 12.4 Å². The van der Waals surface area contributed by atoms with Crippen LogP contribution in [0.4, 0.5) is 5.69 Å². The van der Waals surface area contributed by atoms with Gasteiger partial charge in [0.1, 0.15) is 0 Å². The zero-order chi connectivity index (χ0) is 12.0. The minimum Gasteiger partial charge on any atom is -0.399 e. The molecule has 0 saturated carbocycles. The minimum absolute atomic E-state index is 0. The quantitative estimate of drug-likeness (QED) is 0.824. The van der Waals surface area contributed by atoms with Crippen molar-refractivity contribution in [3.63, 3.8) is 0 Å². The summed E-state index contributed by atoms with van der Waals surface area (Å²) in [6.45, 7) is 5.77. The number of nitrogen functional groups attached to an aromatic ring is 1. The highest BCUT2D eigenvalue weighted by molar-refractivity contribution is 5.95. The smallest absolute Gasteiger partial charge is 0.253 e. The molecule has 0 atom stereocenters. The number of hydrogen-bond acceptors (Lipinski definition) is 2. The first kappa shape index (κ1) is 15.8. The number of carbonyl (C=O) groups is 1. The van der Waals surface area contributed by atoms with Crippen molar-refractivity contribution >= 4 is 24.0 Å². The lowest BCUT2D eigenvalue weighted by Gasteiger charge is -2.21. The molecule has 0 spiro atoms. The van der Waals surface area contributed by atoms with E-state index >= 15 is 0 Å². The van der Waals surface area contributed by atoms with E-state index in [1.165, 1.54) is 0 Å². The van der Waals surface area contributed by atoms with Crippen LogP contribution in [0.5, 0.6) is 0 Å². The van der Waals surface area contributed by atoms with Gasteiger partial charge in [0.25, 0.3) is 5.91 Å². The molecule has 0 unspecified atom stereocenters. The highest BCUT2D eigenvalue weighted by Crippen LogP contribution is 2.10. The molecule has 0 fully saturated rings. The zero-order valence-electron chi connectivity index (χ0n) is 10.5. The highest BCUT2D eigenvalue weighted by Gasteiger charge is 2.13. The van der Waals surface area contributed by atoms with Crippen LogP contribution >= 0.6 is 12.4 Å². The fourth-order valence-corrected chi connectivity index (χ4v) is 1.71. The lowest BCUT2D eigenvalue weighted by molar-refractivity contribution is 0.0755. The van der Waals surface area contributed by atoms with Crippen molar-refractivity contribution in [2.45, 2.75) is 26.7 Å². The average molecular weight is 257 g/mol. The Morgan fingerprint density at radius 2 is 1.82 bits per heavy atom. The van der Waals surface area contributed by atoms with Crippen LogP contribution in [0.15, 0.2) is 24.3 Å². The predicted molar refractivity (Wildman–Crippen MR) is 74.6 cm³/mol. The molecule has 0 saturated heterocycles. The third kappa shape index (κ3) is 4.65. The van der Waals surface area contributed by atoms with Crippen LogP contribution in [0.1, 0.15) is 37.0 Å². The van der Waals surface area contributed by atoms with Gasteiger partial charge in [-0.3, -0.25) is 4.79 Å². The van der Waals surface area contributed by atoms with Gasteiger partial charge in [0, 0.05) is 24.3 Å². The summed E-state index contributed by atoms with van der Waals surface area (Å²) in [5.74, 6) is 0.0796. The standard InChI is InChI=1S/C13H20N2O.ClH/c1-3-8-15(9-4-2)13(16)11-6-5-7-12(14)10-11;/h5-7,10H,3-4,8-9,14H2,1-2H3;1H. The molecule has 1 aromatic rings. The van der Waals surface area contributed by atoms with Crippen LogP contribution in [0.2, 0.25) is 0 Å². The number of halogens is 1. The Balaban J connectivity index is 0.00000256. The van der Waals surface area contributed by atoms with Gasteiger partial charge in [0.15, 0.2) is 0 Å². The molecule has 1 rings (SSSR count). The summed E-state index contributed by atoms with van der Waals surface area (Å²) in [7, 11) is 0. The molecule has 0 radical (unpaired) electrons. The molecule has 0 bridgehead atoms. The van der Waals surface area contributed by atoms with E-state index in [9.17, 15) is 4.79 Å². The third-order valence-electron chi connectivity index (χ3n) is 2.41. The Labute approximate surface area is 109 Å². The van der Waals surface area contributed by atoms with Crippen molar-refractivity contribution in [3.05, 3.63) is 29.8 Å². The molecule has 1 amide bonds. The molecule has 0 heterocycles.